The lowest BCUT2D eigenvalue weighted by atomic mass is 10.2. The van der Waals surface area contributed by atoms with Gasteiger partial charge in [0.15, 0.2) is 0 Å². The molecule has 0 radical (unpaired) electrons. The summed E-state index contributed by atoms with van der Waals surface area (Å²) in [7, 11) is 0. The van der Waals surface area contributed by atoms with Gasteiger partial charge in [0.05, 0.1) is 16.2 Å². The summed E-state index contributed by atoms with van der Waals surface area (Å²) in [4.78, 5) is 11.3. The molecular weight excluding hydrogens is 246 g/mol. The topological polar surface area (TPSA) is 71.8 Å². The standard InChI is InChI=1S/C9H10BrN3O/c1-2-6(3-11)13-4-7(10)9(14)8(12)5-13/h4-6H,2,12H2,1H3. The number of nitriles is 1. The van der Waals surface area contributed by atoms with Crippen molar-refractivity contribution >= 4 is 21.6 Å². The molecule has 4 nitrogen and oxygen atoms in total. The van der Waals surface area contributed by atoms with Gasteiger partial charge >= 0.3 is 0 Å². The third-order valence-corrected chi connectivity index (χ3v) is 2.49. The maximum atomic E-state index is 11.3. The van der Waals surface area contributed by atoms with Gasteiger partial charge in [-0.25, -0.2) is 0 Å². The number of hydrogen-bond donors (Lipinski definition) is 1. The third kappa shape index (κ3) is 1.96. The van der Waals surface area contributed by atoms with E-state index in [0.717, 1.165) is 0 Å². The van der Waals surface area contributed by atoms with Crippen LogP contribution >= 0.6 is 15.9 Å². The van der Waals surface area contributed by atoms with E-state index in [-0.39, 0.29) is 17.2 Å². The smallest absolute Gasteiger partial charge is 0.218 e. The molecule has 0 saturated heterocycles. The summed E-state index contributed by atoms with van der Waals surface area (Å²) in [6, 6.07) is 1.84. The van der Waals surface area contributed by atoms with Gasteiger partial charge in [0.1, 0.15) is 6.04 Å². The minimum atomic E-state index is -0.283. The number of nitrogens with two attached hydrogens (primary N) is 1. The number of nitrogens with zero attached hydrogens (tertiary/aromatic N) is 2. The van der Waals surface area contributed by atoms with Crippen molar-refractivity contribution in [2.75, 3.05) is 5.73 Å². The fraction of sp³-hybridized carbons (Fsp3) is 0.333. The predicted octanol–water partition coefficient (Wildman–Crippen LogP) is 1.67. The van der Waals surface area contributed by atoms with Crippen LogP contribution in [0, 0.1) is 11.3 Å². The fourth-order valence-electron chi connectivity index (χ4n) is 1.13. The maximum Gasteiger partial charge on any atom is 0.218 e. The van der Waals surface area contributed by atoms with Crippen molar-refractivity contribution in [3.63, 3.8) is 0 Å². The number of pyridine rings is 1. The van der Waals surface area contributed by atoms with E-state index in [1.807, 2.05) is 6.92 Å². The summed E-state index contributed by atoms with van der Waals surface area (Å²) in [5, 5.41) is 8.83. The van der Waals surface area contributed by atoms with Crippen LogP contribution in [0.1, 0.15) is 19.4 Å². The molecule has 0 amide bonds. The van der Waals surface area contributed by atoms with Gasteiger partial charge < -0.3 is 10.3 Å². The number of rotatable bonds is 2. The van der Waals surface area contributed by atoms with E-state index in [9.17, 15) is 4.79 Å². The molecule has 5 heteroatoms. The largest absolute Gasteiger partial charge is 0.394 e. The lowest BCUT2D eigenvalue weighted by Gasteiger charge is -2.12. The Hall–Kier alpha value is -1.28. The first-order valence-corrected chi connectivity index (χ1v) is 4.95. The molecule has 0 fully saturated rings. The van der Waals surface area contributed by atoms with E-state index in [4.69, 9.17) is 11.0 Å². The Labute approximate surface area is 90.1 Å². The highest BCUT2D eigenvalue weighted by atomic mass is 79.9. The molecule has 1 atom stereocenters. The quantitative estimate of drug-likeness (QED) is 0.874. The molecule has 1 aromatic heterocycles. The second kappa shape index (κ2) is 4.29. The number of nitrogen functional groups attached to an aromatic ring is 1. The van der Waals surface area contributed by atoms with Crippen molar-refractivity contribution in [1.29, 1.82) is 5.26 Å². The minimum Gasteiger partial charge on any atom is -0.394 e. The van der Waals surface area contributed by atoms with Gasteiger partial charge in [-0.15, -0.1) is 0 Å². The van der Waals surface area contributed by atoms with E-state index < -0.39 is 0 Å². The van der Waals surface area contributed by atoms with Crippen molar-refractivity contribution < 1.29 is 0 Å². The third-order valence-electron chi connectivity index (χ3n) is 1.93. The van der Waals surface area contributed by atoms with Crippen LogP contribution in [0.4, 0.5) is 5.69 Å². The van der Waals surface area contributed by atoms with E-state index in [1.165, 1.54) is 6.20 Å². The highest BCUT2D eigenvalue weighted by Gasteiger charge is 2.09. The van der Waals surface area contributed by atoms with Gasteiger partial charge in [-0.3, -0.25) is 4.79 Å². The van der Waals surface area contributed by atoms with Gasteiger partial charge in [-0.1, -0.05) is 6.92 Å². The number of aromatic nitrogens is 1. The zero-order valence-corrected chi connectivity index (χ0v) is 9.28. The van der Waals surface area contributed by atoms with Gasteiger partial charge in [0.2, 0.25) is 5.43 Å². The first-order chi connectivity index (χ1) is 6.60. The Kier molecular flexibility index (Phi) is 3.31. The number of halogens is 1. The second-order valence-electron chi connectivity index (χ2n) is 2.89. The molecule has 1 heterocycles. The lowest BCUT2D eigenvalue weighted by Crippen LogP contribution is -2.15. The lowest BCUT2D eigenvalue weighted by molar-refractivity contribution is 0.592. The Morgan fingerprint density at radius 3 is 2.79 bits per heavy atom. The fourth-order valence-corrected chi connectivity index (χ4v) is 1.60. The van der Waals surface area contributed by atoms with Crippen molar-refractivity contribution in [1.82, 2.24) is 4.57 Å². The van der Waals surface area contributed by atoms with Crippen LogP contribution in [-0.4, -0.2) is 4.57 Å². The predicted molar refractivity (Wildman–Crippen MR) is 57.8 cm³/mol. The van der Waals surface area contributed by atoms with Crippen LogP contribution in [0.25, 0.3) is 0 Å². The Bertz CT molecular complexity index is 406. The average Bonchev–Trinajstić information content (AvgIpc) is 2.16. The molecule has 74 valence electrons. The molecule has 1 unspecified atom stereocenters. The van der Waals surface area contributed by atoms with Crippen LogP contribution in [-0.2, 0) is 0 Å². The number of anilines is 1. The second-order valence-corrected chi connectivity index (χ2v) is 3.75. The van der Waals surface area contributed by atoms with Crippen LogP contribution in [0.15, 0.2) is 21.7 Å². The van der Waals surface area contributed by atoms with E-state index in [0.29, 0.717) is 10.9 Å². The summed E-state index contributed by atoms with van der Waals surface area (Å²) < 4.78 is 2.02. The van der Waals surface area contributed by atoms with Crippen molar-refractivity contribution in [3.05, 3.63) is 27.1 Å². The first kappa shape index (κ1) is 10.8. The van der Waals surface area contributed by atoms with E-state index in [2.05, 4.69) is 22.0 Å². The van der Waals surface area contributed by atoms with Crippen LogP contribution in [0.5, 0.6) is 0 Å². The maximum absolute atomic E-state index is 11.3. The first-order valence-electron chi connectivity index (χ1n) is 4.16. The molecule has 0 aromatic carbocycles. The summed E-state index contributed by atoms with van der Waals surface area (Å²) >= 11 is 3.10. The van der Waals surface area contributed by atoms with E-state index >= 15 is 0 Å². The van der Waals surface area contributed by atoms with Crippen molar-refractivity contribution in [2.24, 2.45) is 0 Å². The molecule has 2 N–H and O–H groups in total. The van der Waals surface area contributed by atoms with E-state index in [1.54, 1.807) is 10.8 Å². The Morgan fingerprint density at radius 1 is 1.71 bits per heavy atom. The molecule has 0 bridgehead atoms. The molecule has 0 spiro atoms. The van der Waals surface area contributed by atoms with Gasteiger partial charge in [-0.2, -0.15) is 5.26 Å². The van der Waals surface area contributed by atoms with Crippen LogP contribution in [0.3, 0.4) is 0 Å². The normalized spacial score (nSPS) is 12.1. The molecule has 1 aromatic rings. The summed E-state index contributed by atoms with van der Waals surface area (Å²) in [6.45, 7) is 1.90. The minimum absolute atomic E-state index is 0.146. The Morgan fingerprint density at radius 2 is 2.36 bits per heavy atom. The zero-order chi connectivity index (χ0) is 10.7. The highest BCUT2D eigenvalue weighted by Crippen LogP contribution is 2.14. The molecule has 0 aliphatic carbocycles. The average molecular weight is 256 g/mol. The molecule has 1 rings (SSSR count). The molecule has 14 heavy (non-hydrogen) atoms. The number of hydrogen-bond acceptors (Lipinski definition) is 3. The van der Waals surface area contributed by atoms with Crippen LogP contribution < -0.4 is 11.2 Å². The molecular formula is C9H10BrN3O. The SMILES string of the molecule is CCC(C#N)n1cc(N)c(=O)c(Br)c1. The summed E-state index contributed by atoms with van der Waals surface area (Å²) in [5.41, 5.74) is 5.40. The van der Waals surface area contributed by atoms with Gasteiger partial charge in [-0.05, 0) is 22.4 Å². The van der Waals surface area contributed by atoms with Crippen molar-refractivity contribution in [3.8, 4) is 6.07 Å². The molecule has 0 aliphatic rings. The highest BCUT2D eigenvalue weighted by molar-refractivity contribution is 9.10. The summed E-state index contributed by atoms with van der Waals surface area (Å²) in [6.07, 6.45) is 3.74. The monoisotopic (exact) mass is 255 g/mol. The van der Waals surface area contributed by atoms with Gasteiger partial charge in [0, 0.05) is 12.4 Å². The van der Waals surface area contributed by atoms with Gasteiger partial charge in [0.25, 0.3) is 0 Å². The van der Waals surface area contributed by atoms with Crippen molar-refractivity contribution in [2.45, 2.75) is 19.4 Å². The van der Waals surface area contributed by atoms with Crippen LogP contribution in [0.2, 0.25) is 0 Å². The zero-order valence-electron chi connectivity index (χ0n) is 7.70. The molecule has 0 saturated carbocycles. The Balaban J connectivity index is 3.26. The molecule has 0 aliphatic heterocycles. The summed E-state index contributed by atoms with van der Waals surface area (Å²) in [5.74, 6) is 0.